The SMILES string of the molecule is CC1CCC(NCc2ccc(N)c(Br)c2)C1. The van der Waals surface area contributed by atoms with Gasteiger partial charge in [0.1, 0.15) is 0 Å². The molecule has 0 saturated heterocycles. The van der Waals surface area contributed by atoms with Gasteiger partial charge in [0.25, 0.3) is 0 Å². The molecule has 0 aromatic heterocycles. The number of nitrogen functional groups attached to an aromatic ring is 1. The maximum absolute atomic E-state index is 5.76. The number of benzene rings is 1. The second-order valence-corrected chi connectivity index (χ2v) is 5.71. The van der Waals surface area contributed by atoms with Crippen LogP contribution in [0.2, 0.25) is 0 Å². The third-order valence-electron chi connectivity index (χ3n) is 3.35. The van der Waals surface area contributed by atoms with Crippen LogP contribution in [0.15, 0.2) is 22.7 Å². The largest absolute Gasteiger partial charge is 0.398 e. The molecular formula is C13H19BrN2. The van der Waals surface area contributed by atoms with Gasteiger partial charge < -0.3 is 11.1 Å². The Bertz CT molecular complexity index is 365. The minimum atomic E-state index is 0.700. The van der Waals surface area contributed by atoms with Gasteiger partial charge in [-0.3, -0.25) is 0 Å². The lowest BCUT2D eigenvalue weighted by Crippen LogP contribution is -2.25. The summed E-state index contributed by atoms with van der Waals surface area (Å²) >= 11 is 3.46. The van der Waals surface area contributed by atoms with Gasteiger partial charge in [0.2, 0.25) is 0 Å². The van der Waals surface area contributed by atoms with Crippen LogP contribution in [0, 0.1) is 5.92 Å². The van der Waals surface area contributed by atoms with Gasteiger partial charge in [0.05, 0.1) is 0 Å². The van der Waals surface area contributed by atoms with E-state index in [9.17, 15) is 0 Å². The molecule has 1 fully saturated rings. The Morgan fingerprint density at radius 3 is 2.88 bits per heavy atom. The van der Waals surface area contributed by atoms with Crippen molar-refractivity contribution in [3.8, 4) is 0 Å². The molecule has 2 nitrogen and oxygen atoms in total. The maximum Gasteiger partial charge on any atom is 0.0458 e. The summed E-state index contributed by atoms with van der Waals surface area (Å²) in [6, 6.07) is 6.84. The van der Waals surface area contributed by atoms with Crippen molar-refractivity contribution in [2.24, 2.45) is 5.92 Å². The van der Waals surface area contributed by atoms with Crippen molar-refractivity contribution in [2.45, 2.75) is 38.8 Å². The van der Waals surface area contributed by atoms with E-state index in [1.807, 2.05) is 6.07 Å². The molecule has 0 spiro atoms. The third kappa shape index (κ3) is 2.98. The first-order chi connectivity index (χ1) is 7.65. The molecule has 0 heterocycles. The predicted molar refractivity (Wildman–Crippen MR) is 72.2 cm³/mol. The van der Waals surface area contributed by atoms with Crippen molar-refractivity contribution in [3.05, 3.63) is 28.2 Å². The van der Waals surface area contributed by atoms with E-state index in [-0.39, 0.29) is 0 Å². The van der Waals surface area contributed by atoms with Gasteiger partial charge in [0, 0.05) is 22.7 Å². The molecule has 3 heteroatoms. The van der Waals surface area contributed by atoms with E-state index >= 15 is 0 Å². The van der Waals surface area contributed by atoms with Crippen LogP contribution in [0.4, 0.5) is 5.69 Å². The van der Waals surface area contributed by atoms with Crippen molar-refractivity contribution in [1.82, 2.24) is 5.32 Å². The summed E-state index contributed by atoms with van der Waals surface area (Å²) in [5, 5.41) is 3.61. The van der Waals surface area contributed by atoms with Crippen molar-refractivity contribution < 1.29 is 0 Å². The minimum absolute atomic E-state index is 0.700. The number of nitrogens with two attached hydrogens (primary N) is 1. The van der Waals surface area contributed by atoms with Crippen LogP contribution in [-0.4, -0.2) is 6.04 Å². The molecule has 1 aliphatic carbocycles. The van der Waals surface area contributed by atoms with Crippen molar-refractivity contribution in [3.63, 3.8) is 0 Å². The fourth-order valence-corrected chi connectivity index (χ4v) is 2.76. The lowest BCUT2D eigenvalue weighted by molar-refractivity contribution is 0.502. The highest BCUT2D eigenvalue weighted by Crippen LogP contribution is 2.25. The van der Waals surface area contributed by atoms with Crippen LogP contribution in [0.1, 0.15) is 31.7 Å². The second-order valence-electron chi connectivity index (χ2n) is 4.85. The molecule has 1 aromatic carbocycles. The van der Waals surface area contributed by atoms with E-state index in [0.29, 0.717) is 6.04 Å². The van der Waals surface area contributed by atoms with Crippen LogP contribution >= 0.6 is 15.9 Å². The van der Waals surface area contributed by atoms with Gasteiger partial charge >= 0.3 is 0 Å². The Morgan fingerprint density at radius 1 is 1.44 bits per heavy atom. The molecule has 2 atom stereocenters. The molecule has 1 aromatic rings. The average Bonchev–Trinajstić information content (AvgIpc) is 2.66. The number of halogens is 1. The predicted octanol–water partition coefficient (Wildman–Crippen LogP) is 3.31. The van der Waals surface area contributed by atoms with Crippen molar-refractivity contribution in [1.29, 1.82) is 0 Å². The Hall–Kier alpha value is -0.540. The molecule has 1 saturated carbocycles. The smallest absolute Gasteiger partial charge is 0.0458 e. The molecule has 0 radical (unpaired) electrons. The summed E-state index contributed by atoms with van der Waals surface area (Å²) in [7, 11) is 0. The zero-order valence-corrected chi connectivity index (χ0v) is 11.3. The van der Waals surface area contributed by atoms with Gasteiger partial charge in [-0.05, 0) is 58.8 Å². The second kappa shape index (κ2) is 5.19. The summed E-state index contributed by atoms with van der Waals surface area (Å²) in [5.74, 6) is 0.885. The monoisotopic (exact) mass is 282 g/mol. The van der Waals surface area contributed by atoms with Crippen molar-refractivity contribution in [2.75, 3.05) is 5.73 Å². The highest BCUT2D eigenvalue weighted by molar-refractivity contribution is 9.10. The summed E-state index contributed by atoms with van der Waals surface area (Å²) in [6.45, 7) is 3.28. The van der Waals surface area contributed by atoms with E-state index in [4.69, 9.17) is 5.73 Å². The molecule has 0 bridgehead atoms. The highest BCUT2D eigenvalue weighted by Gasteiger charge is 2.20. The molecular weight excluding hydrogens is 264 g/mol. The van der Waals surface area contributed by atoms with Crippen LogP contribution in [0.25, 0.3) is 0 Å². The fraction of sp³-hybridized carbons (Fsp3) is 0.538. The molecule has 1 aliphatic rings. The summed E-state index contributed by atoms with van der Waals surface area (Å²) in [4.78, 5) is 0. The van der Waals surface area contributed by atoms with Gasteiger partial charge in [-0.25, -0.2) is 0 Å². The van der Waals surface area contributed by atoms with Crippen molar-refractivity contribution >= 4 is 21.6 Å². The van der Waals surface area contributed by atoms with Crippen LogP contribution < -0.4 is 11.1 Å². The first-order valence-corrected chi connectivity index (χ1v) is 6.71. The standard InChI is InChI=1S/C13H19BrN2/c1-9-2-4-11(6-9)16-8-10-3-5-13(15)12(14)7-10/h3,5,7,9,11,16H,2,4,6,8,15H2,1H3. The minimum Gasteiger partial charge on any atom is -0.398 e. The van der Waals surface area contributed by atoms with E-state index in [1.54, 1.807) is 0 Å². The van der Waals surface area contributed by atoms with E-state index < -0.39 is 0 Å². The molecule has 16 heavy (non-hydrogen) atoms. The fourth-order valence-electron chi connectivity index (χ4n) is 2.34. The van der Waals surface area contributed by atoms with E-state index in [1.165, 1.54) is 24.8 Å². The zero-order chi connectivity index (χ0) is 11.5. The number of anilines is 1. The lowest BCUT2D eigenvalue weighted by atomic mass is 10.1. The Labute approximate surface area is 106 Å². The normalized spacial score (nSPS) is 24.9. The Morgan fingerprint density at radius 2 is 2.25 bits per heavy atom. The number of rotatable bonds is 3. The van der Waals surface area contributed by atoms with E-state index in [0.717, 1.165) is 22.6 Å². The van der Waals surface area contributed by atoms with E-state index in [2.05, 4.69) is 40.3 Å². The highest BCUT2D eigenvalue weighted by atomic mass is 79.9. The average molecular weight is 283 g/mol. The van der Waals surface area contributed by atoms with Gasteiger partial charge in [0.15, 0.2) is 0 Å². The lowest BCUT2D eigenvalue weighted by Gasteiger charge is -2.12. The number of nitrogens with one attached hydrogen (secondary N) is 1. The van der Waals surface area contributed by atoms with Crippen LogP contribution in [-0.2, 0) is 6.54 Å². The third-order valence-corrected chi connectivity index (χ3v) is 4.04. The first-order valence-electron chi connectivity index (χ1n) is 5.92. The quantitative estimate of drug-likeness (QED) is 0.835. The number of hydrogen-bond donors (Lipinski definition) is 2. The topological polar surface area (TPSA) is 38.0 Å². The van der Waals surface area contributed by atoms with Gasteiger partial charge in [-0.15, -0.1) is 0 Å². The Balaban J connectivity index is 1.87. The molecule has 2 rings (SSSR count). The molecule has 2 unspecified atom stereocenters. The molecule has 0 amide bonds. The number of hydrogen-bond acceptors (Lipinski definition) is 2. The summed E-state index contributed by atoms with van der Waals surface area (Å²) in [6.07, 6.45) is 4.00. The van der Waals surface area contributed by atoms with Gasteiger partial charge in [-0.1, -0.05) is 13.0 Å². The molecule has 88 valence electrons. The zero-order valence-electron chi connectivity index (χ0n) is 9.67. The van der Waals surface area contributed by atoms with Crippen LogP contribution in [0.3, 0.4) is 0 Å². The van der Waals surface area contributed by atoms with Gasteiger partial charge in [-0.2, -0.15) is 0 Å². The summed E-state index contributed by atoms with van der Waals surface area (Å²) in [5.41, 5.74) is 7.85. The Kier molecular flexibility index (Phi) is 3.87. The first kappa shape index (κ1) is 11.9. The maximum atomic E-state index is 5.76. The molecule has 0 aliphatic heterocycles. The van der Waals surface area contributed by atoms with Crippen LogP contribution in [0.5, 0.6) is 0 Å². The molecule has 3 N–H and O–H groups in total. The summed E-state index contributed by atoms with van der Waals surface area (Å²) < 4.78 is 0.992.